The van der Waals surface area contributed by atoms with Gasteiger partial charge in [-0.15, -0.1) is 0 Å². The number of fused-ring (bicyclic) bond motifs is 2. The number of nitrogens with zero attached hydrogens (tertiary/aromatic N) is 7. The molecule has 27 nitrogen and oxygen atoms in total. The van der Waals surface area contributed by atoms with E-state index >= 15 is 0 Å². The number of hydrazine groups is 2. The van der Waals surface area contributed by atoms with Gasteiger partial charge in [-0.2, -0.15) is 0 Å². The van der Waals surface area contributed by atoms with Crippen molar-refractivity contribution < 1.29 is 99.5 Å². The van der Waals surface area contributed by atoms with Gasteiger partial charge < -0.3 is 0 Å². The Labute approximate surface area is 175 Å². The van der Waals surface area contributed by atoms with E-state index in [4.69, 9.17) is 81.5 Å². The van der Waals surface area contributed by atoms with Crippen LogP contribution in [0.2, 0.25) is 0 Å². The normalized spacial score (nSPS) is 41.6. The molecule has 30 heavy (non-hydrogen) atoms. The molecule has 4 atom stereocenters. The number of nitrogens with two attached hydrogens (primary N) is 7. The van der Waals surface area contributed by atoms with Crippen LogP contribution in [0, 0.1) is 0 Å². The van der Waals surface area contributed by atoms with E-state index in [-0.39, 0.29) is 16.1 Å². The van der Waals surface area contributed by atoms with E-state index < -0.39 is 42.2 Å². The molecular weight excluding hydrogens is 553 g/mol. The van der Waals surface area contributed by atoms with Crippen LogP contribution >= 0.6 is 0 Å². The fourth-order valence-electron chi connectivity index (χ4n) is 1.34. The number of nitrogens with one attached hydrogen (secondary N) is 1. The first kappa shape index (κ1) is 25.9. The van der Waals surface area contributed by atoms with Crippen LogP contribution in [-0.2, 0) is 57.3 Å². The molecule has 0 saturated carbocycles. The topological polar surface area (TPSA) is 315 Å². The van der Waals surface area contributed by atoms with Crippen LogP contribution in [0.4, 0.5) is 0 Å². The molecule has 2 bridgehead atoms. The molecule has 15 N–H and O–H groups in total. The van der Waals surface area contributed by atoms with Gasteiger partial charge >= 0.3 is 174 Å². The third kappa shape index (κ3) is 7.08. The minimum atomic E-state index is -2.24. The second-order valence-electron chi connectivity index (χ2n) is 4.31. The van der Waals surface area contributed by atoms with Crippen molar-refractivity contribution in [1.82, 2.24) is 21.7 Å². The van der Waals surface area contributed by atoms with Crippen molar-refractivity contribution in [3.8, 4) is 0 Å². The van der Waals surface area contributed by atoms with Gasteiger partial charge in [-0.1, -0.05) is 0 Å². The van der Waals surface area contributed by atoms with Crippen LogP contribution in [0.5, 0.6) is 0 Å². The number of quaternary nitrogens is 4. The zero-order chi connectivity index (χ0) is 22.6. The summed E-state index contributed by atoms with van der Waals surface area (Å²) in [6, 6.07) is 0. The van der Waals surface area contributed by atoms with Crippen molar-refractivity contribution in [2.75, 3.05) is 14.2 Å². The Bertz CT molecular complexity index is 566. The second kappa shape index (κ2) is 10.1. The molecule has 28 heteroatoms. The summed E-state index contributed by atoms with van der Waals surface area (Å²) in [5.41, 5.74) is 1.62. The van der Waals surface area contributed by atoms with Crippen LogP contribution in [0.25, 0.3) is 0 Å². The third-order valence-corrected chi connectivity index (χ3v) is 2.84. The van der Waals surface area contributed by atoms with Crippen LogP contribution in [0.3, 0.4) is 0 Å². The van der Waals surface area contributed by atoms with Crippen molar-refractivity contribution in [2.24, 2.45) is 39.0 Å². The first-order valence-corrected chi connectivity index (χ1v) is 8.74. The van der Waals surface area contributed by atoms with Gasteiger partial charge in [0.25, 0.3) is 0 Å². The monoisotopic (exact) mass is 574 g/mol. The molecule has 2 saturated heterocycles. The SMILES string of the molecule is CO[N+]1(N)O[N+](N)(OC)O[N+]2(N)ON(O[I-]N)ON(N)ON(N)ONO[N+](N)(O1)O2. The van der Waals surface area contributed by atoms with Crippen LogP contribution in [-0.4, -0.2) is 50.6 Å². The summed E-state index contributed by atoms with van der Waals surface area (Å²) in [5, 5.41) is -8.30. The van der Waals surface area contributed by atoms with E-state index in [1.165, 1.54) is 0 Å². The molecule has 0 radical (unpaired) electrons. The molecule has 0 aromatic heterocycles. The van der Waals surface area contributed by atoms with Gasteiger partial charge in [0.1, 0.15) is 0 Å². The molecule has 2 aliphatic rings. The zero-order valence-corrected chi connectivity index (χ0v) is 17.1. The number of halogens is 1. The van der Waals surface area contributed by atoms with E-state index in [2.05, 4.69) is 14.8 Å². The molecule has 0 amide bonds. The minimum absolute atomic E-state index is 0.00401. The van der Waals surface area contributed by atoms with Crippen LogP contribution < -0.4 is 66.5 Å². The van der Waals surface area contributed by atoms with Crippen molar-refractivity contribution >= 4 is 0 Å². The van der Waals surface area contributed by atoms with E-state index in [1.807, 2.05) is 0 Å². The Kier molecular flexibility index (Phi) is 8.69. The van der Waals surface area contributed by atoms with E-state index in [1.54, 1.807) is 5.64 Å². The second-order valence-corrected chi connectivity index (χ2v) is 5.22. The predicted molar refractivity (Wildman–Crippen MR) is 63.9 cm³/mol. The maximum atomic E-state index is 5.75. The van der Waals surface area contributed by atoms with Crippen molar-refractivity contribution in [1.29, 1.82) is 0 Å². The number of rotatable bonds is 4. The Morgan fingerprint density at radius 1 is 0.833 bits per heavy atom. The van der Waals surface area contributed by atoms with E-state index in [9.17, 15) is 0 Å². The maximum absolute atomic E-state index is 5.75. The van der Waals surface area contributed by atoms with Gasteiger partial charge in [0, 0.05) is 0 Å². The number of hydrogen-bond acceptors (Lipinski definition) is 23. The summed E-state index contributed by atoms with van der Waals surface area (Å²) in [7, 11) is 1.93. The van der Waals surface area contributed by atoms with Gasteiger partial charge in [0.15, 0.2) is 0 Å². The standard InChI is InChI=1S/C2H21IN15O12/c1-19-15(7)27-16(8,20-2)29-18(10)26-14(21-3-4)25-13(6)24-12(5)22-11-23-17(9,28-15)30-18/h11H,4-10H2,1-2H3/q+3. The van der Waals surface area contributed by atoms with Gasteiger partial charge in [-0.3, -0.25) is 0 Å². The summed E-state index contributed by atoms with van der Waals surface area (Å²) in [5.74, 6) is 33.3. The molecule has 0 aromatic carbocycles. The summed E-state index contributed by atoms with van der Waals surface area (Å²) >= 11 is -1.58. The fraction of sp³-hybridized carbons (Fsp3) is 1.00. The molecule has 0 spiro atoms. The van der Waals surface area contributed by atoms with Crippen molar-refractivity contribution in [3.63, 3.8) is 0 Å². The van der Waals surface area contributed by atoms with E-state index in [0.29, 0.717) is 0 Å². The molecule has 180 valence electrons. The Hall–Kier alpha value is -0.350. The summed E-state index contributed by atoms with van der Waals surface area (Å²) < 4.78 is 10.1. The Balaban J connectivity index is 2.43. The summed E-state index contributed by atoms with van der Waals surface area (Å²) in [4.78, 5) is 52.5. The molecule has 0 aromatic rings. The van der Waals surface area contributed by atoms with Gasteiger partial charge in [0.2, 0.25) is 0 Å². The van der Waals surface area contributed by atoms with Gasteiger partial charge in [-0.25, -0.2) is 0 Å². The first-order valence-electron chi connectivity index (χ1n) is 6.62. The van der Waals surface area contributed by atoms with Gasteiger partial charge in [0.05, 0.1) is 0 Å². The number of hydrogen-bond donors (Lipinski definition) is 8. The third-order valence-electron chi connectivity index (χ3n) is 2.30. The predicted octanol–water partition coefficient (Wildman–Crippen LogP) is -10.4. The molecule has 2 rings (SSSR count). The zero-order valence-electron chi connectivity index (χ0n) is 14.9. The van der Waals surface area contributed by atoms with E-state index in [0.717, 1.165) is 14.2 Å². The average Bonchev–Trinajstić information content (AvgIpc) is 2.58. The van der Waals surface area contributed by atoms with Crippen LogP contribution in [0.1, 0.15) is 0 Å². The van der Waals surface area contributed by atoms with Gasteiger partial charge in [-0.05, 0) is 0 Å². The van der Waals surface area contributed by atoms with Crippen molar-refractivity contribution in [3.05, 3.63) is 0 Å². The average molecular weight is 574 g/mol. The molecule has 2 fully saturated rings. The Morgan fingerprint density at radius 2 is 1.43 bits per heavy atom. The van der Waals surface area contributed by atoms with Crippen LogP contribution in [0.15, 0.2) is 0 Å². The molecule has 4 unspecified atom stereocenters. The molecule has 2 aliphatic heterocycles. The Morgan fingerprint density at radius 3 is 2.00 bits per heavy atom. The molecule has 2 heterocycles. The quantitative estimate of drug-likeness (QED) is 0.0668. The fourth-order valence-corrected chi connectivity index (χ4v) is 1.67. The van der Waals surface area contributed by atoms with Crippen molar-refractivity contribution in [2.45, 2.75) is 0 Å². The molecule has 0 aliphatic carbocycles. The molecular formula is C2H21IN15O12+3. The summed E-state index contributed by atoms with van der Waals surface area (Å²) in [6.07, 6.45) is 0. The first-order chi connectivity index (χ1) is 13.9. The summed E-state index contributed by atoms with van der Waals surface area (Å²) in [6.45, 7) is 0.